The fourth-order valence-corrected chi connectivity index (χ4v) is 5.81. The molecule has 0 saturated heterocycles. The maximum Gasteiger partial charge on any atom is 0.321 e. The lowest BCUT2D eigenvalue weighted by atomic mass is 10.0. The molecule has 4 rings (SSSR count). The van der Waals surface area contributed by atoms with Crippen LogP contribution in [0.25, 0.3) is 0 Å². The van der Waals surface area contributed by atoms with Crippen molar-refractivity contribution in [1.82, 2.24) is 9.80 Å². The summed E-state index contributed by atoms with van der Waals surface area (Å²) in [7, 11) is -2.26. The van der Waals surface area contributed by atoms with Gasteiger partial charge in [-0.05, 0) is 61.5 Å². The lowest BCUT2D eigenvalue weighted by Gasteiger charge is -2.34. The maximum absolute atomic E-state index is 13.5. The van der Waals surface area contributed by atoms with E-state index in [9.17, 15) is 23.1 Å². The Kier molecular flexibility index (Phi) is 9.97. The quantitative estimate of drug-likeness (QED) is 0.344. The first kappa shape index (κ1) is 31.1. The number of carbonyl (C=O) groups is 2. The van der Waals surface area contributed by atoms with Crippen LogP contribution in [0.3, 0.4) is 0 Å². The number of carbonyl (C=O) groups excluding carboxylic acids is 2. The van der Waals surface area contributed by atoms with Gasteiger partial charge in [-0.2, -0.15) is 0 Å². The van der Waals surface area contributed by atoms with E-state index in [1.165, 1.54) is 29.2 Å². The Morgan fingerprint density at radius 3 is 2.48 bits per heavy atom. The summed E-state index contributed by atoms with van der Waals surface area (Å²) in [5, 5.41) is 13.1. The number of nitrogens with zero attached hydrogens (tertiary/aromatic N) is 2. The normalized spacial score (nSPS) is 18.0. The zero-order valence-electron chi connectivity index (χ0n) is 23.7. The Balaban J connectivity index is 1.62. The van der Waals surface area contributed by atoms with Gasteiger partial charge in [0, 0.05) is 41.5 Å². The molecule has 1 heterocycles. The van der Waals surface area contributed by atoms with E-state index in [1.54, 1.807) is 49.2 Å². The highest BCUT2D eigenvalue weighted by atomic mass is 35.5. The van der Waals surface area contributed by atoms with Crippen molar-refractivity contribution in [2.45, 2.75) is 37.3 Å². The Morgan fingerprint density at radius 2 is 1.81 bits per heavy atom. The number of likely N-dealkylation sites (N-methyl/N-ethyl adjacent to an activating group) is 1. The number of ether oxygens (including phenoxy) is 1. The summed E-state index contributed by atoms with van der Waals surface area (Å²) < 4.78 is 35.0. The smallest absolute Gasteiger partial charge is 0.321 e. The summed E-state index contributed by atoms with van der Waals surface area (Å²) in [6.45, 7) is 3.97. The summed E-state index contributed by atoms with van der Waals surface area (Å²) in [6.07, 6.45) is -0.592. The van der Waals surface area contributed by atoms with Crippen molar-refractivity contribution >= 4 is 44.9 Å². The number of hydrogen-bond donors (Lipinski definition) is 3. The number of nitrogens with one attached hydrogen (secondary N) is 2. The van der Waals surface area contributed by atoms with Gasteiger partial charge < -0.3 is 25.0 Å². The standard InChI is InChI=1S/C30H35ClN4O6S/c1-20-17-35(21(2)19-36)29(37)16-22-15-25(33-42(39,40)26-12-9-23(31)10-13-26)11-14-27(22)41-28(20)18-34(3)30(38)32-24-7-5-4-6-8-24/h4-15,20-21,28,33,36H,16-19H2,1-3H3,(H,32,38)/t20-,21-,28+/m1/s1. The first-order chi connectivity index (χ1) is 20.0. The molecule has 0 radical (unpaired) electrons. The van der Waals surface area contributed by atoms with Gasteiger partial charge in [0.15, 0.2) is 0 Å². The molecule has 0 unspecified atom stereocenters. The predicted molar refractivity (Wildman–Crippen MR) is 162 cm³/mol. The minimum Gasteiger partial charge on any atom is -0.488 e. The molecular weight excluding hydrogens is 580 g/mol. The fourth-order valence-electron chi connectivity index (χ4n) is 4.63. The molecule has 1 aliphatic heterocycles. The molecular formula is C30H35ClN4O6S. The maximum atomic E-state index is 13.5. The van der Waals surface area contributed by atoms with Crippen LogP contribution in [-0.4, -0.2) is 74.2 Å². The Bertz CT molecular complexity index is 1500. The van der Waals surface area contributed by atoms with Crippen LogP contribution in [0.5, 0.6) is 5.75 Å². The van der Waals surface area contributed by atoms with E-state index in [-0.39, 0.29) is 48.0 Å². The minimum atomic E-state index is -3.92. The number of amides is 3. The van der Waals surface area contributed by atoms with Gasteiger partial charge >= 0.3 is 6.03 Å². The Hall–Kier alpha value is -3.80. The number of benzene rings is 3. The van der Waals surface area contributed by atoms with E-state index in [1.807, 2.05) is 25.1 Å². The highest BCUT2D eigenvalue weighted by Gasteiger charge is 2.32. The van der Waals surface area contributed by atoms with E-state index >= 15 is 0 Å². The number of rotatable bonds is 8. The molecule has 3 N–H and O–H groups in total. The van der Waals surface area contributed by atoms with Gasteiger partial charge in [-0.3, -0.25) is 9.52 Å². The topological polar surface area (TPSA) is 128 Å². The van der Waals surface area contributed by atoms with Gasteiger partial charge in [-0.25, -0.2) is 13.2 Å². The molecule has 0 aromatic heterocycles. The number of aliphatic hydroxyl groups excluding tert-OH is 1. The molecule has 3 aromatic carbocycles. The lowest BCUT2D eigenvalue weighted by molar-refractivity contribution is -0.134. The molecule has 0 aliphatic carbocycles. The summed E-state index contributed by atoms with van der Waals surface area (Å²) in [5.41, 5.74) is 1.39. The van der Waals surface area contributed by atoms with E-state index in [0.29, 0.717) is 28.6 Å². The second kappa shape index (κ2) is 13.5. The average Bonchev–Trinajstić information content (AvgIpc) is 3.00. The first-order valence-electron chi connectivity index (χ1n) is 13.5. The van der Waals surface area contributed by atoms with Crippen LogP contribution < -0.4 is 14.8 Å². The van der Waals surface area contributed by atoms with Crippen LogP contribution >= 0.6 is 11.6 Å². The van der Waals surface area contributed by atoms with Gasteiger partial charge in [0.2, 0.25) is 5.91 Å². The number of halogens is 1. The number of aliphatic hydroxyl groups is 1. The van der Waals surface area contributed by atoms with E-state index in [0.717, 1.165) is 0 Å². The number of para-hydroxylation sites is 1. The van der Waals surface area contributed by atoms with Crippen molar-refractivity contribution in [3.8, 4) is 5.75 Å². The van der Waals surface area contributed by atoms with Gasteiger partial charge in [0.25, 0.3) is 10.0 Å². The molecule has 0 spiro atoms. The van der Waals surface area contributed by atoms with E-state index in [4.69, 9.17) is 16.3 Å². The molecule has 224 valence electrons. The zero-order chi connectivity index (χ0) is 30.4. The van der Waals surface area contributed by atoms with E-state index in [2.05, 4.69) is 10.0 Å². The largest absolute Gasteiger partial charge is 0.488 e. The second-order valence-electron chi connectivity index (χ2n) is 10.4. The fraction of sp³-hybridized carbons (Fsp3) is 0.333. The molecule has 3 atom stereocenters. The number of fused-ring (bicyclic) bond motifs is 1. The van der Waals surface area contributed by atoms with Crippen LogP contribution in [0.1, 0.15) is 19.4 Å². The molecule has 0 fully saturated rings. The monoisotopic (exact) mass is 614 g/mol. The summed E-state index contributed by atoms with van der Waals surface area (Å²) in [5.74, 6) is -0.0456. The predicted octanol–water partition coefficient (Wildman–Crippen LogP) is 4.45. The van der Waals surface area contributed by atoms with Crippen molar-refractivity contribution in [3.63, 3.8) is 0 Å². The average molecular weight is 615 g/mol. The van der Waals surface area contributed by atoms with Crippen LogP contribution in [0.4, 0.5) is 16.2 Å². The van der Waals surface area contributed by atoms with Crippen molar-refractivity contribution in [3.05, 3.63) is 83.4 Å². The third kappa shape index (κ3) is 7.72. The molecule has 3 amide bonds. The first-order valence-corrected chi connectivity index (χ1v) is 15.4. The number of urea groups is 1. The summed E-state index contributed by atoms with van der Waals surface area (Å²) in [4.78, 5) is 29.5. The summed E-state index contributed by atoms with van der Waals surface area (Å²) in [6, 6.07) is 18.9. The van der Waals surface area contributed by atoms with Crippen molar-refractivity contribution < 1.29 is 27.9 Å². The molecule has 10 nitrogen and oxygen atoms in total. The van der Waals surface area contributed by atoms with Gasteiger partial charge in [0.05, 0.1) is 30.5 Å². The lowest BCUT2D eigenvalue weighted by Crippen LogP contribution is -2.48. The molecule has 0 saturated carbocycles. The van der Waals surface area contributed by atoms with Gasteiger partial charge in [-0.15, -0.1) is 0 Å². The van der Waals surface area contributed by atoms with Crippen LogP contribution in [0.2, 0.25) is 5.02 Å². The molecule has 12 heteroatoms. The van der Waals surface area contributed by atoms with Crippen molar-refractivity contribution in [1.29, 1.82) is 0 Å². The van der Waals surface area contributed by atoms with Crippen LogP contribution in [-0.2, 0) is 21.2 Å². The number of sulfonamides is 1. The van der Waals surface area contributed by atoms with E-state index < -0.39 is 22.2 Å². The Labute approximate surface area is 251 Å². The van der Waals surface area contributed by atoms with Crippen LogP contribution in [0, 0.1) is 5.92 Å². The van der Waals surface area contributed by atoms with Gasteiger partial charge in [0.1, 0.15) is 11.9 Å². The number of anilines is 2. The zero-order valence-corrected chi connectivity index (χ0v) is 25.2. The SMILES string of the molecule is C[C@@H]1CN([C@H](C)CO)C(=O)Cc2cc(NS(=O)(=O)c3ccc(Cl)cc3)ccc2O[C@H]1CN(C)C(=O)Nc1ccccc1. The highest BCUT2D eigenvalue weighted by Crippen LogP contribution is 2.30. The third-order valence-corrected chi connectivity index (χ3v) is 8.77. The van der Waals surface area contributed by atoms with Crippen molar-refractivity contribution in [2.75, 3.05) is 36.8 Å². The summed E-state index contributed by atoms with van der Waals surface area (Å²) >= 11 is 5.90. The third-order valence-electron chi connectivity index (χ3n) is 7.12. The van der Waals surface area contributed by atoms with Gasteiger partial charge in [-0.1, -0.05) is 36.7 Å². The van der Waals surface area contributed by atoms with Crippen LogP contribution in [0.15, 0.2) is 77.7 Å². The highest BCUT2D eigenvalue weighted by molar-refractivity contribution is 7.92. The molecule has 0 bridgehead atoms. The number of hydrogen-bond acceptors (Lipinski definition) is 6. The molecule has 1 aliphatic rings. The molecule has 42 heavy (non-hydrogen) atoms. The minimum absolute atomic E-state index is 0.0384. The molecule has 3 aromatic rings. The van der Waals surface area contributed by atoms with Crippen molar-refractivity contribution in [2.24, 2.45) is 5.92 Å². The Morgan fingerprint density at radius 1 is 1.12 bits per heavy atom. The second-order valence-corrected chi connectivity index (χ2v) is 12.6.